The first-order valence-electron chi connectivity index (χ1n) is 21.9. The van der Waals surface area contributed by atoms with E-state index in [-0.39, 0.29) is 50.1 Å². The molecule has 20 nitrogen and oxygen atoms in total. The average Bonchev–Trinajstić information content (AvgIpc) is 3.88. The highest BCUT2D eigenvalue weighted by Crippen LogP contribution is 2.23. The molecule has 10 N–H and O–H groups in total. The topological polar surface area (TPSA) is 299 Å². The lowest BCUT2D eigenvalue weighted by Crippen LogP contribution is -2.60. The molecule has 0 aromatic rings. The van der Waals surface area contributed by atoms with E-state index in [0.717, 1.165) is 0 Å². The maximum atomic E-state index is 14.1. The quantitative estimate of drug-likeness (QED) is 0.0605. The first-order valence-corrected chi connectivity index (χ1v) is 21.9. The zero-order valence-corrected chi connectivity index (χ0v) is 38.1. The first-order chi connectivity index (χ1) is 28.9. The Bertz CT molecular complexity index is 1600. The molecule has 2 saturated heterocycles. The minimum absolute atomic E-state index is 0.0242. The Hall–Kier alpha value is -4.85. The summed E-state index contributed by atoms with van der Waals surface area (Å²) in [5.74, 6) is -6.80. The number of carboxylic acids is 1. The number of carbonyl (C=O) groups excluding carboxylic acids is 8. The second kappa shape index (κ2) is 24.7. The monoisotopic (exact) mass is 880 g/mol. The lowest BCUT2D eigenvalue weighted by Gasteiger charge is -2.32. The van der Waals surface area contributed by atoms with Crippen LogP contribution in [0.3, 0.4) is 0 Å². The summed E-state index contributed by atoms with van der Waals surface area (Å²) in [6.45, 7) is 17.0. The number of aliphatic hydroxyl groups excluding tert-OH is 1. The van der Waals surface area contributed by atoms with Gasteiger partial charge in [-0.3, -0.25) is 38.4 Å². The van der Waals surface area contributed by atoms with Gasteiger partial charge in [-0.25, -0.2) is 4.79 Å². The fourth-order valence-corrected chi connectivity index (χ4v) is 7.55. The highest BCUT2D eigenvalue weighted by atomic mass is 16.4. The van der Waals surface area contributed by atoms with E-state index < -0.39 is 120 Å². The predicted molar refractivity (Wildman–Crippen MR) is 228 cm³/mol. The number of nitrogens with two attached hydrogens (primary N) is 1. The Morgan fingerprint density at radius 3 is 1.45 bits per heavy atom. The minimum Gasteiger partial charge on any atom is -0.480 e. The number of likely N-dealkylation sites (tertiary alicyclic amines) is 2. The van der Waals surface area contributed by atoms with Crippen LogP contribution in [0.1, 0.15) is 114 Å². The van der Waals surface area contributed by atoms with Gasteiger partial charge >= 0.3 is 5.97 Å². The molecule has 352 valence electrons. The summed E-state index contributed by atoms with van der Waals surface area (Å²) in [6.07, 6.45) is 2.15. The Kier molecular flexibility index (Phi) is 21.2. The summed E-state index contributed by atoms with van der Waals surface area (Å²) < 4.78 is 0. The van der Waals surface area contributed by atoms with Crippen molar-refractivity contribution in [3.05, 3.63) is 0 Å². The van der Waals surface area contributed by atoms with Crippen LogP contribution in [0.5, 0.6) is 0 Å². The third-order valence-electron chi connectivity index (χ3n) is 10.9. The molecule has 0 bridgehead atoms. The minimum atomic E-state index is -1.48. The van der Waals surface area contributed by atoms with Gasteiger partial charge in [0.2, 0.25) is 47.3 Å². The fourth-order valence-electron chi connectivity index (χ4n) is 7.55. The summed E-state index contributed by atoms with van der Waals surface area (Å²) in [4.78, 5) is 122. The van der Waals surface area contributed by atoms with Gasteiger partial charge in [-0.1, -0.05) is 55.4 Å². The van der Waals surface area contributed by atoms with Crippen LogP contribution < -0.4 is 37.6 Å². The summed E-state index contributed by atoms with van der Waals surface area (Å²) in [5, 5.41) is 35.1. The van der Waals surface area contributed by atoms with Gasteiger partial charge in [-0.15, -0.1) is 0 Å². The van der Waals surface area contributed by atoms with E-state index in [1.165, 1.54) is 23.6 Å². The zero-order chi connectivity index (χ0) is 47.2. The number of amides is 8. The Balaban J connectivity index is 2.15. The SMILES string of the molecule is CC(C)C[C@H](NC(=O)[C@H](CO)NC(=O)[C@@H]1CCCN1C(=O)[C@@H](NC(=O)[C@H](C)NC(=O)[C@@H]1CCCN1C(=O)[C@H](CC(C)C)NC(=O)[C@H](CC(C)C)NC(=O)[C@H](C)N)C(C)C)C(=O)O. The fraction of sp³-hybridized carbons (Fsp3) is 0.786. The van der Waals surface area contributed by atoms with E-state index in [9.17, 15) is 53.4 Å². The molecule has 8 amide bonds. The number of nitrogens with one attached hydrogen (secondary N) is 6. The van der Waals surface area contributed by atoms with Crippen LogP contribution in [0.4, 0.5) is 0 Å². The molecule has 2 rings (SSSR count). The highest BCUT2D eigenvalue weighted by Gasteiger charge is 2.42. The van der Waals surface area contributed by atoms with Gasteiger partial charge in [0.15, 0.2) is 0 Å². The van der Waals surface area contributed by atoms with Crippen molar-refractivity contribution in [3.8, 4) is 0 Å². The molecule has 0 aromatic carbocycles. The third kappa shape index (κ3) is 15.8. The van der Waals surface area contributed by atoms with E-state index in [1.54, 1.807) is 27.7 Å². The first kappa shape index (κ1) is 53.3. The number of carbonyl (C=O) groups is 9. The average molecular weight is 880 g/mol. The van der Waals surface area contributed by atoms with Crippen molar-refractivity contribution in [1.82, 2.24) is 41.7 Å². The van der Waals surface area contributed by atoms with Crippen LogP contribution in [0, 0.1) is 23.7 Å². The van der Waals surface area contributed by atoms with Gasteiger partial charge in [0, 0.05) is 13.1 Å². The van der Waals surface area contributed by atoms with Crippen LogP contribution in [-0.4, -0.2) is 147 Å². The molecule has 0 aliphatic carbocycles. The van der Waals surface area contributed by atoms with Crippen molar-refractivity contribution in [3.63, 3.8) is 0 Å². The molecule has 2 aliphatic heterocycles. The number of rotatable bonds is 23. The number of aliphatic carboxylic acids is 1. The molecular weight excluding hydrogens is 807 g/mol. The van der Waals surface area contributed by atoms with E-state index >= 15 is 0 Å². The molecule has 0 spiro atoms. The molecule has 0 saturated carbocycles. The molecule has 2 heterocycles. The molecule has 0 aromatic heterocycles. The molecule has 20 heteroatoms. The normalized spacial score (nSPS) is 19.9. The highest BCUT2D eigenvalue weighted by molar-refractivity contribution is 5.98. The van der Waals surface area contributed by atoms with Gasteiger partial charge in [-0.05, 0) is 82.5 Å². The van der Waals surface area contributed by atoms with Crippen molar-refractivity contribution in [1.29, 1.82) is 0 Å². The van der Waals surface area contributed by atoms with E-state index in [4.69, 9.17) is 5.73 Å². The summed E-state index contributed by atoms with van der Waals surface area (Å²) >= 11 is 0. The van der Waals surface area contributed by atoms with Crippen molar-refractivity contribution in [2.75, 3.05) is 19.7 Å². The van der Waals surface area contributed by atoms with E-state index in [0.29, 0.717) is 25.7 Å². The number of aliphatic hydroxyl groups is 1. The maximum Gasteiger partial charge on any atom is 0.326 e. The second-order valence-electron chi connectivity index (χ2n) is 18.3. The lowest BCUT2D eigenvalue weighted by molar-refractivity contribution is -0.144. The number of carboxylic acid groups (broad SMARTS) is 1. The zero-order valence-electron chi connectivity index (χ0n) is 38.1. The predicted octanol–water partition coefficient (Wildman–Crippen LogP) is -0.885. The third-order valence-corrected chi connectivity index (χ3v) is 10.9. The van der Waals surface area contributed by atoms with Gasteiger partial charge in [0.1, 0.15) is 48.3 Å². The summed E-state index contributed by atoms with van der Waals surface area (Å²) in [7, 11) is 0. The number of hydrogen-bond donors (Lipinski definition) is 9. The molecule has 0 radical (unpaired) electrons. The second-order valence-corrected chi connectivity index (χ2v) is 18.3. The van der Waals surface area contributed by atoms with E-state index in [2.05, 4.69) is 31.9 Å². The van der Waals surface area contributed by atoms with Crippen LogP contribution in [0.15, 0.2) is 0 Å². The Morgan fingerprint density at radius 2 is 0.984 bits per heavy atom. The molecule has 9 atom stereocenters. The lowest BCUT2D eigenvalue weighted by atomic mass is 9.99. The van der Waals surface area contributed by atoms with Crippen molar-refractivity contribution < 1.29 is 53.4 Å². The van der Waals surface area contributed by atoms with Crippen LogP contribution in [0.25, 0.3) is 0 Å². The van der Waals surface area contributed by atoms with Gasteiger partial charge in [0.05, 0.1) is 12.6 Å². The number of nitrogens with zero attached hydrogens (tertiary/aromatic N) is 2. The van der Waals surface area contributed by atoms with Gasteiger partial charge in [-0.2, -0.15) is 0 Å². The van der Waals surface area contributed by atoms with Gasteiger partial charge < -0.3 is 57.6 Å². The Morgan fingerprint density at radius 1 is 0.548 bits per heavy atom. The van der Waals surface area contributed by atoms with Crippen molar-refractivity contribution >= 4 is 53.2 Å². The smallest absolute Gasteiger partial charge is 0.326 e. The molecule has 2 fully saturated rings. The molecule has 62 heavy (non-hydrogen) atoms. The van der Waals surface area contributed by atoms with Crippen molar-refractivity contribution in [2.24, 2.45) is 29.4 Å². The largest absolute Gasteiger partial charge is 0.480 e. The van der Waals surface area contributed by atoms with Gasteiger partial charge in [0.25, 0.3) is 0 Å². The van der Waals surface area contributed by atoms with Crippen LogP contribution >= 0.6 is 0 Å². The summed E-state index contributed by atoms with van der Waals surface area (Å²) in [5.41, 5.74) is 5.72. The standard InChI is InChI=1S/C42H73N9O11/c1-21(2)17-27(45-34(53)25(9)43)36(55)46-28(18-22(3)4)40(59)50-15-11-13-31(50)38(57)44-26(10)35(54)49-33(24(7)8)41(60)51-16-12-14-32(51)39(58)48-30(20-52)37(56)47-29(42(61)62)19-23(5)6/h21-33,52H,11-20,43H2,1-10H3,(H,44,57)(H,45,53)(H,46,55)(H,47,56)(H,48,58)(H,49,54)(H,61,62)/t25-,26-,27-,28-,29-,30-,31-,32-,33-/m0/s1. The van der Waals surface area contributed by atoms with E-state index in [1.807, 2.05) is 27.7 Å². The van der Waals surface area contributed by atoms with Crippen LogP contribution in [-0.2, 0) is 43.2 Å². The summed E-state index contributed by atoms with van der Waals surface area (Å²) in [6, 6.07) is -9.78. The molecule has 2 aliphatic rings. The number of hydrogen-bond acceptors (Lipinski definition) is 11. The van der Waals surface area contributed by atoms with Crippen molar-refractivity contribution in [2.45, 2.75) is 169 Å². The molecular formula is C42H73N9O11. The van der Waals surface area contributed by atoms with Crippen LogP contribution in [0.2, 0.25) is 0 Å². The molecule has 0 unspecified atom stereocenters. The Labute approximate surface area is 365 Å². The maximum absolute atomic E-state index is 14.1.